The highest BCUT2D eigenvalue weighted by atomic mass is 16.6. The number of carbonyl (C=O) groups excluding carboxylic acids is 1. The Hall–Kier alpha value is -1.65. The maximum absolute atomic E-state index is 12.1. The number of carbonyl (C=O) groups is 1. The molecule has 130 valence electrons. The average molecular weight is 330 g/mol. The molecule has 0 aromatic rings. The highest BCUT2D eigenvalue weighted by molar-refractivity contribution is 5.95. The van der Waals surface area contributed by atoms with Gasteiger partial charge < -0.3 is 14.6 Å². The van der Waals surface area contributed by atoms with Gasteiger partial charge in [-0.25, -0.2) is 4.79 Å². The molecule has 0 bridgehead atoms. The predicted octanol–water partition coefficient (Wildman–Crippen LogP) is 3.59. The number of fused-ring (bicyclic) bond motifs is 1. The van der Waals surface area contributed by atoms with Crippen molar-refractivity contribution in [3.8, 4) is 0 Å². The van der Waals surface area contributed by atoms with Crippen molar-refractivity contribution in [3.63, 3.8) is 0 Å². The lowest BCUT2D eigenvalue weighted by Crippen LogP contribution is -2.41. The van der Waals surface area contributed by atoms with Crippen LogP contribution in [0.25, 0.3) is 0 Å². The lowest BCUT2D eigenvalue weighted by molar-refractivity contribution is -0.132. The summed E-state index contributed by atoms with van der Waals surface area (Å²) in [5, 5.41) is 8.90. The van der Waals surface area contributed by atoms with E-state index < -0.39 is 0 Å². The average Bonchev–Trinajstić information content (AvgIpc) is 2.97. The fourth-order valence-corrected chi connectivity index (χ4v) is 4.14. The van der Waals surface area contributed by atoms with E-state index in [0.717, 1.165) is 18.4 Å². The van der Waals surface area contributed by atoms with E-state index in [1.807, 2.05) is 13.0 Å². The molecule has 0 aromatic carbocycles. The normalized spacial score (nSPS) is 36.7. The number of esters is 1. The summed E-state index contributed by atoms with van der Waals surface area (Å²) in [5.41, 5.74) is 1.03. The van der Waals surface area contributed by atoms with Gasteiger partial charge in [0.2, 0.25) is 0 Å². The lowest BCUT2D eigenvalue weighted by Gasteiger charge is -2.36. The molecule has 4 nitrogen and oxygen atoms in total. The molecule has 24 heavy (non-hydrogen) atoms. The van der Waals surface area contributed by atoms with Crippen LogP contribution in [0.15, 0.2) is 47.3 Å². The van der Waals surface area contributed by atoms with Crippen LogP contribution in [0.1, 0.15) is 47.0 Å². The summed E-state index contributed by atoms with van der Waals surface area (Å²) in [5.74, 6) is 0.156. The summed E-state index contributed by atoms with van der Waals surface area (Å²) < 4.78 is 11.4. The third-order valence-electron chi connectivity index (χ3n) is 5.62. The minimum absolute atomic E-state index is 0.0342. The summed E-state index contributed by atoms with van der Waals surface area (Å²) in [6, 6.07) is 0. The molecule has 2 heterocycles. The summed E-state index contributed by atoms with van der Waals surface area (Å²) in [6.07, 6.45) is 12.4. The van der Waals surface area contributed by atoms with E-state index >= 15 is 0 Å². The van der Waals surface area contributed by atoms with Crippen LogP contribution >= 0.6 is 0 Å². The van der Waals surface area contributed by atoms with Gasteiger partial charge >= 0.3 is 5.97 Å². The zero-order chi connectivity index (χ0) is 17.6. The number of hydrogen-bond donors (Lipinski definition) is 1. The van der Waals surface area contributed by atoms with Crippen molar-refractivity contribution in [2.45, 2.75) is 58.2 Å². The van der Waals surface area contributed by atoms with Crippen molar-refractivity contribution in [2.75, 3.05) is 6.61 Å². The molecule has 4 heteroatoms. The molecule has 1 N–H and O–H groups in total. The lowest BCUT2D eigenvalue weighted by atomic mass is 9.64. The highest BCUT2D eigenvalue weighted by Crippen LogP contribution is 2.66. The standard InChI is InChI=1S/C20H26O4/c1-14(7-11-21)12-16-13-15(17(22)23-16)6-10-20-18(2,3)8-5-9-19(20,4)24-20/h6-7,10,12-13,21H,5,8-9,11H2,1-4H3/b10-6+,14-7+,16-12-/t19-,20+/m1/s1. The Morgan fingerprint density at radius 1 is 1.33 bits per heavy atom. The van der Waals surface area contributed by atoms with Crippen molar-refractivity contribution < 1.29 is 19.4 Å². The number of rotatable bonds is 4. The molecular formula is C20H26O4. The Balaban J connectivity index is 1.82. The molecule has 0 amide bonds. The van der Waals surface area contributed by atoms with Crippen LogP contribution in [0, 0.1) is 5.41 Å². The second-order valence-electron chi connectivity index (χ2n) is 7.81. The Morgan fingerprint density at radius 3 is 2.75 bits per heavy atom. The Morgan fingerprint density at radius 2 is 2.08 bits per heavy atom. The molecule has 3 rings (SSSR count). The summed E-state index contributed by atoms with van der Waals surface area (Å²) in [6.45, 7) is 8.45. The van der Waals surface area contributed by atoms with E-state index in [0.29, 0.717) is 11.3 Å². The molecule has 0 aromatic heterocycles. The SMILES string of the molecule is CC(/C=C1C=C(/C=C/[C@@]23O[C@]2(C)CCCC3(C)C)C(=O)O/1)=C\CO. The molecule has 2 aliphatic heterocycles. The second-order valence-corrected chi connectivity index (χ2v) is 7.81. The number of ether oxygens (including phenoxy) is 2. The van der Waals surface area contributed by atoms with Crippen LogP contribution in [-0.4, -0.2) is 28.9 Å². The number of hydrogen-bond acceptors (Lipinski definition) is 4. The third-order valence-corrected chi connectivity index (χ3v) is 5.62. The van der Waals surface area contributed by atoms with Crippen molar-refractivity contribution in [1.82, 2.24) is 0 Å². The molecule has 0 spiro atoms. The van der Waals surface area contributed by atoms with Crippen molar-refractivity contribution >= 4 is 5.97 Å². The number of epoxide rings is 1. The molecule has 1 saturated heterocycles. The van der Waals surface area contributed by atoms with Gasteiger partial charge in [-0.1, -0.05) is 19.9 Å². The Bertz CT molecular complexity index is 680. The number of aliphatic hydroxyl groups excluding tert-OH is 1. The first kappa shape index (κ1) is 17.2. The number of aliphatic hydroxyl groups is 1. The maximum atomic E-state index is 12.1. The number of cyclic esters (lactones) is 1. The van der Waals surface area contributed by atoms with Gasteiger partial charge in [-0.15, -0.1) is 0 Å². The van der Waals surface area contributed by atoms with Gasteiger partial charge in [0.05, 0.1) is 17.8 Å². The molecule has 1 aliphatic carbocycles. The van der Waals surface area contributed by atoms with E-state index in [4.69, 9.17) is 14.6 Å². The van der Waals surface area contributed by atoms with Crippen LogP contribution in [0.5, 0.6) is 0 Å². The van der Waals surface area contributed by atoms with E-state index in [1.165, 1.54) is 6.42 Å². The fraction of sp³-hybridized carbons (Fsp3) is 0.550. The van der Waals surface area contributed by atoms with Gasteiger partial charge in [-0.05, 0) is 63.0 Å². The van der Waals surface area contributed by atoms with Gasteiger partial charge in [-0.2, -0.15) is 0 Å². The van der Waals surface area contributed by atoms with E-state index in [-0.39, 0.29) is 29.2 Å². The Labute approximate surface area is 143 Å². The molecule has 1 saturated carbocycles. The Kier molecular flexibility index (Phi) is 4.09. The molecule has 3 aliphatic rings. The monoisotopic (exact) mass is 330 g/mol. The molecule has 0 radical (unpaired) electrons. The molecular weight excluding hydrogens is 304 g/mol. The second kappa shape index (κ2) is 5.71. The molecule has 0 unspecified atom stereocenters. The van der Waals surface area contributed by atoms with E-state index in [9.17, 15) is 4.79 Å². The van der Waals surface area contributed by atoms with Crippen LogP contribution in [0.3, 0.4) is 0 Å². The van der Waals surface area contributed by atoms with Gasteiger partial charge in [0.1, 0.15) is 11.4 Å². The first-order valence-corrected chi connectivity index (χ1v) is 8.56. The molecule has 2 atom stereocenters. The zero-order valence-corrected chi connectivity index (χ0v) is 14.9. The summed E-state index contributed by atoms with van der Waals surface area (Å²) in [7, 11) is 0. The van der Waals surface area contributed by atoms with Gasteiger partial charge in [0.15, 0.2) is 0 Å². The fourth-order valence-electron chi connectivity index (χ4n) is 4.14. The van der Waals surface area contributed by atoms with Gasteiger partial charge in [0.25, 0.3) is 0 Å². The van der Waals surface area contributed by atoms with Crippen LogP contribution in [-0.2, 0) is 14.3 Å². The predicted molar refractivity (Wildman–Crippen MR) is 92.1 cm³/mol. The zero-order valence-electron chi connectivity index (χ0n) is 14.9. The number of allylic oxidation sites excluding steroid dienone is 3. The first-order valence-electron chi connectivity index (χ1n) is 8.56. The smallest absolute Gasteiger partial charge is 0.343 e. The van der Waals surface area contributed by atoms with Crippen LogP contribution < -0.4 is 0 Å². The van der Waals surface area contributed by atoms with E-state index in [1.54, 1.807) is 18.2 Å². The topological polar surface area (TPSA) is 59.1 Å². The van der Waals surface area contributed by atoms with Gasteiger partial charge in [-0.3, -0.25) is 0 Å². The van der Waals surface area contributed by atoms with Crippen LogP contribution in [0.2, 0.25) is 0 Å². The quantitative estimate of drug-likeness (QED) is 0.632. The minimum Gasteiger partial charge on any atom is -0.423 e. The van der Waals surface area contributed by atoms with Gasteiger partial charge in [0, 0.05) is 5.41 Å². The van der Waals surface area contributed by atoms with Crippen molar-refractivity contribution in [1.29, 1.82) is 0 Å². The maximum Gasteiger partial charge on any atom is 0.343 e. The largest absolute Gasteiger partial charge is 0.423 e. The summed E-state index contributed by atoms with van der Waals surface area (Å²) in [4.78, 5) is 12.1. The highest BCUT2D eigenvalue weighted by Gasteiger charge is 2.73. The third kappa shape index (κ3) is 2.68. The summed E-state index contributed by atoms with van der Waals surface area (Å²) >= 11 is 0. The van der Waals surface area contributed by atoms with Crippen molar-refractivity contribution in [3.05, 3.63) is 47.3 Å². The molecule has 2 fully saturated rings. The van der Waals surface area contributed by atoms with Crippen molar-refractivity contribution in [2.24, 2.45) is 5.41 Å². The minimum atomic E-state index is -0.346. The first-order chi connectivity index (χ1) is 11.2. The van der Waals surface area contributed by atoms with E-state index in [2.05, 4.69) is 26.8 Å². The van der Waals surface area contributed by atoms with Crippen LogP contribution in [0.4, 0.5) is 0 Å².